The molecule has 0 heterocycles. The van der Waals surface area contributed by atoms with E-state index in [4.69, 9.17) is 78.1 Å². The molecule has 0 atom stereocenters. The van der Waals surface area contributed by atoms with Crippen molar-refractivity contribution in [2.75, 3.05) is 106 Å². The lowest BCUT2D eigenvalue weighted by atomic mass is 10.3. The minimum atomic E-state index is -2.67. The minimum Gasteiger partial charge on any atom is -0.398 e. The van der Waals surface area contributed by atoms with Crippen LogP contribution in [0.5, 0.6) is 0 Å². The molecule has 0 aromatic carbocycles. The van der Waals surface area contributed by atoms with Crippen LogP contribution in [0.3, 0.4) is 0 Å². The van der Waals surface area contributed by atoms with Gasteiger partial charge in [-0.2, -0.15) is 0 Å². The highest BCUT2D eigenvalue weighted by molar-refractivity contribution is 6.32. The molecule has 0 unspecified atom stereocenters. The van der Waals surface area contributed by atoms with Gasteiger partial charge in [0.2, 0.25) is 0 Å². The highest BCUT2D eigenvalue weighted by Crippen LogP contribution is 1.68. The van der Waals surface area contributed by atoms with Crippen LogP contribution in [0.1, 0.15) is 111 Å². The first-order chi connectivity index (χ1) is 26.2. The molecule has 0 bridgehead atoms. The molecule has 56 heavy (non-hydrogen) atoms. The number of ether oxygens (including phenoxy) is 8. The van der Waals surface area contributed by atoms with Crippen LogP contribution in [0.25, 0.3) is 0 Å². The van der Waals surface area contributed by atoms with Gasteiger partial charge in [0.25, 0.3) is 0 Å². The Morgan fingerprint density at radius 1 is 0.214 bits per heavy atom. The van der Waals surface area contributed by atoms with Crippen molar-refractivity contribution in [3.05, 3.63) is 0 Å². The summed E-state index contributed by atoms with van der Waals surface area (Å²) in [6.07, 6.45) is 0. The average Bonchev–Trinajstić information content (AvgIpc) is 3.09. The minimum absolute atomic E-state index is 0.844. The molecule has 0 spiro atoms. The van der Waals surface area contributed by atoms with Crippen molar-refractivity contribution in [3.63, 3.8) is 0 Å². The first kappa shape index (κ1) is 87.0. The lowest BCUT2D eigenvalue weighted by Crippen LogP contribution is -1.98. The summed E-state index contributed by atoms with van der Waals surface area (Å²) in [5, 5.41) is 55.6. The predicted molar refractivity (Wildman–Crippen MR) is 223 cm³/mol. The molecule has 0 aromatic heterocycles. The van der Waals surface area contributed by atoms with E-state index in [2.05, 4.69) is 0 Å². The standard InChI is InChI=1S/8C4H10O.4BFH2O2/c8*1-3-5-4-2;4*2-1(3)4/h8*3-4H2,1-2H3;4*3-4H. The first-order valence-corrected chi connectivity index (χ1v) is 18.9. The number of hydrogen-bond donors (Lipinski definition) is 8. The zero-order valence-corrected chi connectivity index (χ0v) is 38.0. The Hall–Kier alpha value is -0.660. The monoisotopic (exact) mass is 849 g/mol. The topological polar surface area (TPSA) is 236 Å². The van der Waals surface area contributed by atoms with Crippen molar-refractivity contribution >= 4 is 29.6 Å². The first-order valence-electron chi connectivity index (χ1n) is 18.9. The van der Waals surface area contributed by atoms with Gasteiger partial charge in [-0.3, -0.25) is 17.3 Å². The third-order valence-corrected chi connectivity index (χ3v) is 3.27. The van der Waals surface area contributed by atoms with E-state index in [0.29, 0.717) is 0 Å². The van der Waals surface area contributed by atoms with Crippen LogP contribution in [0.15, 0.2) is 0 Å². The van der Waals surface area contributed by atoms with Gasteiger partial charge in [-0.25, -0.2) is 0 Å². The van der Waals surface area contributed by atoms with Gasteiger partial charge in [0.15, 0.2) is 0 Å². The van der Waals surface area contributed by atoms with Crippen LogP contribution in [-0.2, 0) is 37.9 Å². The maximum atomic E-state index is 10.1. The molecule has 0 fully saturated rings. The van der Waals surface area contributed by atoms with Crippen molar-refractivity contribution in [3.8, 4) is 0 Å². The van der Waals surface area contributed by atoms with Crippen LogP contribution >= 0.6 is 0 Å². The molecule has 352 valence electrons. The van der Waals surface area contributed by atoms with E-state index >= 15 is 0 Å². The molecule has 0 aliphatic heterocycles. The molecule has 0 radical (unpaired) electrons. The van der Waals surface area contributed by atoms with E-state index in [1.54, 1.807) is 0 Å². The van der Waals surface area contributed by atoms with Crippen molar-refractivity contribution < 1.29 is 95.3 Å². The second kappa shape index (κ2) is 124. The van der Waals surface area contributed by atoms with Gasteiger partial charge in [-0.05, 0) is 111 Å². The zero-order valence-electron chi connectivity index (χ0n) is 38.0. The molecule has 8 N–H and O–H groups in total. The summed E-state index contributed by atoms with van der Waals surface area (Å²) in [5.74, 6) is 0. The Bertz CT molecular complexity index is 326. The molecular weight excluding hydrogens is 760 g/mol. The molecule has 0 amide bonds. The Morgan fingerprint density at radius 2 is 0.250 bits per heavy atom. The quantitative estimate of drug-likeness (QED) is 0.0809. The molecule has 0 aromatic rings. The van der Waals surface area contributed by atoms with E-state index in [-0.39, 0.29) is 0 Å². The second-order valence-electron chi connectivity index (χ2n) is 7.49. The second-order valence-corrected chi connectivity index (χ2v) is 7.49. The van der Waals surface area contributed by atoms with Crippen LogP contribution in [-0.4, -0.2) is 175 Å². The number of rotatable bonds is 16. The van der Waals surface area contributed by atoms with Crippen molar-refractivity contribution in [1.29, 1.82) is 0 Å². The average molecular weight is 848 g/mol. The largest absolute Gasteiger partial charge is 0.674 e. The number of hydrogen-bond acceptors (Lipinski definition) is 16. The third-order valence-electron chi connectivity index (χ3n) is 3.27. The summed E-state index contributed by atoms with van der Waals surface area (Å²) in [4.78, 5) is 0. The van der Waals surface area contributed by atoms with Gasteiger partial charge < -0.3 is 78.1 Å². The van der Waals surface area contributed by atoms with Gasteiger partial charge in [-0.15, -0.1) is 0 Å². The highest BCUT2D eigenvalue weighted by Gasteiger charge is 1.98. The maximum Gasteiger partial charge on any atom is 0.674 e. The molecule has 0 aliphatic carbocycles. The molecule has 0 saturated heterocycles. The Balaban J connectivity index is -0.0000000378. The summed E-state index contributed by atoms with van der Waals surface area (Å²) in [6, 6.07) is 0. The van der Waals surface area contributed by atoms with Crippen LogP contribution in [0, 0.1) is 0 Å². The summed E-state index contributed by atoms with van der Waals surface area (Å²) >= 11 is 0. The number of halogens is 4. The fraction of sp³-hybridized carbons (Fsp3) is 1.00. The zero-order chi connectivity index (χ0) is 47.3. The summed E-state index contributed by atoms with van der Waals surface area (Å²) in [7, 11) is -10.7. The van der Waals surface area contributed by atoms with Gasteiger partial charge in [0, 0.05) is 106 Å². The molecule has 0 saturated carbocycles. The molecular formula is C32H88B4F4O16. The highest BCUT2D eigenvalue weighted by atomic mass is 19.1. The van der Waals surface area contributed by atoms with Crippen LogP contribution in [0.4, 0.5) is 17.3 Å². The van der Waals surface area contributed by atoms with Gasteiger partial charge in [0.05, 0.1) is 0 Å². The lowest BCUT2D eigenvalue weighted by molar-refractivity contribution is 0.162. The van der Waals surface area contributed by atoms with Crippen molar-refractivity contribution in [1.82, 2.24) is 0 Å². The van der Waals surface area contributed by atoms with E-state index < -0.39 is 29.6 Å². The van der Waals surface area contributed by atoms with Crippen molar-refractivity contribution in [2.24, 2.45) is 0 Å². The fourth-order valence-electron chi connectivity index (χ4n) is 1.63. The maximum absolute atomic E-state index is 10.1. The lowest BCUT2D eigenvalue weighted by Gasteiger charge is -1.86. The Labute approximate surface area is 341 Å². The van der Waals surface area contributed by atoms with E-state index in [0.717, 1.165) is 106 Å². The van der Waals surface area contributed by atoms with Crippen LogP contribution < -0.4 is 0 Å². The Kier molecular flexibility index (Phi) is 192. The summed E-state index contributed by atoms with van der Waals surface area (Å²) < 4.78 is 79.1. The summed E-state index contributed by atoms with van der Waals surface area (Å²) in [6.45, 7) is 45.3. The van der Waals surface area contributed by atoms with Gasteiger partial charge >= 0.3 is 29.6 Å². The smallest absolute Gasteiger partial charge is 0.398 e. The fourth-order valence-corrected chi connectivity index (χ4v) is 1.63. The molecule has 0 aliphatic rings. The summed E-state index contributed by atoms with van der Waals surface area (Å²) in [5.41, 5.74) is 0. The third kappa shape index (κ3) is 621. The predicted octanol–water partition coefficient (Wildman–Crippen LogP) is 4.04. The van der Waals surface area contributed by atoms with Gasteiger partial charge in [-0.1, -0.05) is 0 Å². The van der Waals surface area contributed by atoms with E-state index in [9.17, 15) is 17.3 Å². The Morgan fingerprint density at radius 3 is 0.250 bits per heavy atom. The normalized spacial score (nSPS) is 7.93. The van der Waals surface area contributed by atoms with E-state index in [1.165, 1.54) is 0 Å². The van der Waals surface area contributed by atoms with E-state index in [1.807, 2.05) is 111 Å². The molecule has 0 rings (SSSR count). The van der Waals surface area contributed by atoms with Gasteiger partial charge in [0.1, 0.15) is 0 Å². The molecule has 24 heteroatoms. The van der Waals surface area contributed by atoms with Crippen LogP contribution in [0.2, 0.25) is 0 Å². The SMILES string of the molecule is CCOCC.CCOCC.CCOCC.CCOCC.CCOCC.CCOCC.CCOCC.CCOCC.OB(O)F.OB(O)F.OB(O)F.OB(O)F. The van der Waals surface area contributed by atoms with Crippen molar-refractivity contribution in [2.45, 2.75) is 111 Å². The molecule has 16 nitrogen and oxygen atoms in total.